The van der Waals surface area contributed by atoms with Crippen molar-refractivity contribution in [3.8, 4) is 22.9 Å². The fourth-order valence-electron chi connectivity index (χ4n) is 1.96. The van der Waals surface area contributed by atoms with Crippen LogP contribution in [0.1, 0.15) is 27.7 Å². The molecule has 0 radical (unpaired) electrons. The first kappa shape index (κ1) is 20.2. The second-order valence-electron chi connectivity index (χ2n) is 6.53. The van der Waals surface area contributed by atoms with Crippen molar-refractivity contribution in [3.05, 3.63) is 0 Å². The van der Waals surface area contributed by atoms with E-state index in [4.69, 9.17) is 4.74 Å². The second-order valence-corrected chi connectivity index (χ2v) is 16.2. The molecule has 0 aliphatic rings. The minimum absolute atomic E-state index is 0.116. The lowest BCUT2D eigenvalue weighted by atomic mass is 10.0. The van der Waals surface area contributed by atoms with Crippen LogP contribution in [0.3, 0.4) is 0 Å². The number of hydrogen-bond donors (Lipinski definition) is 0. The van der Waals surface area contributed by atoms with Gasteiger partial charge in [0.15, 0.2) is 5.78 Å². The van der Waals surface area contributed by atoms with Crippen LogP contribution in [-0.4, -0.2) is 34.6 Å². The largest absolute Gasteiger partial charge is 0.349 e. The minimum atomic E-state index is -1.61. The maximum Gasteiger partial charge on any atom is 0.248 e. The molecule has 0 N–H and O–H groups in total. The topological polar surface area (TPSA) is 26.3 Å². The number of hydrogen-bond acceptors (Lipinski definition) is 2. The molecular weight excluding hydrogens is 292 g/mol. The highest BCUT2D eigenvalue weighted by molar-refractivity contribution is 6.87. The first-order valence-corrected chi connectivity index (χ1v) is 13.9. The highest BCUT2D eigenvalue weighted by Crippen LogP contribution is 2.20. The standard InChI is InChI=1S/C17H30O2Si2/c1-9-21(10-2,11-3)15-13-17(19-5,16(4)18)12-14-20(6,7)8/h9-11H2,1-8H3/t17-/m1/s1. The molecule has 118 valence electrons. The summed E-state index contributed by atoms with van der Waals surface area (Å²) < 4.78 is 5.47. The number of ketones is 1. The zero-order valence-corrected chi connectivity index (χ0v) is 16.9. The quantitative estimate of drug-likeness (QED) is 0.567. The molecule has 21 heavy (non-hydrogen) atoms. The Bertz CT molecular complexity index is 471. The van der Waals surface area contributed by atoms with E-state index in [1.807, 2.05) is 0 Å². The van der Waals surface area contributed by atoms with Crippen LogP contribution in [-0.2, 0) is 9.53 Å². The normalized spacial score (nSPS) is 14.3. The van der Waals surface area contributed by atoms with Crippen molar-refractivity contribution >= 4 is 21.9 Å². The maximum atomic E-state index is 12.1. The Labute approximate surface area is 133 Å². The van der Waals surface area contributed by atoms with Gasteiger partial charge in [-0.1, -0.05) is 52.3 Å². The van der Waals surface area contributed by atoms with Crippen molar-refractivity contribution in [1.29, 1.82) is 0 Å². The monoisotopic (exact) mass is 322 g/mol. The highest BCUT2D eigenvalue weighted by atomic mass is 28.3. The molecule has 0 saturated carbocycles. The lowest BCUT2D eigenvalue weighted by Gasteiger charge is -2.23. The third kappa shape index (κ3) is 5.83. The first-order chi connectivity index (χ1) is 9.60. The van der Waals surface area contributed by atoms with Crippen molar-refractivity contribution in [2.24, 2.45) is 0 Å². The average molecular weight is 323 g/mol. The van der Waals surface area contributed by atoms with Crippen LogP contribution in [0.25, 0.3) is 0 Å². The van der Waals surface area contributed by atoms with E-state index in [2.05, 4.69) is 63.3 Å². The van der Waals surface area contributed by atoms with E-state index in [0.717, 1.165) is 18.1 Å². The molecule has 1 atom stereocenters. The van der Waals surface area contributed by atoms with Gasteiger partial charge in [0, 0.05) is 7.11 Å². The molecule has 0 aromatic heterocycles. The smallest absolute Gasteiger partial charge is 0.248 e. The fraction of sp³-hybridized carbons (Fsp3) is 0.706. The Morgan fingerprint density at radius 2 is 1.43 bits per heavy atom. The van der Waals surface area contributed by atoms with Crippen LogP contribution in [0, 0.1) is 22.9 Å². The number of ether oxygens (including phenoxy) is 1. The zero-order valence-electron chi connectivity index (χ0n) is 14.9. The molecule has 0 aromatic carbocycles. The van der Waals surface area contributed by atoms with Gasteiger partial charge in [0.1, 0.15) is 16.1 Å². The summed E-state index contributed by atoms with van der Waals surface area (Å²) >= 11 is 0. The summed E-state index contributed by atoms with van der Waals surface area (Å²) in [5.74, 6) is 6.08. The SMILES string of the molecule is CC[Si](C#C[C@@](C#C[Si](C)(C)C)(OC)C(C)=O)(CC)CC. The summed E-state index contributed by atoms with van der Waals surface area (Å²) in [6, 6.07) is 3.31. The van der Waals surface area contributed by atoms with Gasteiger partial charge < -0.3 is 4.74 Å². The molecule has 0 spiro atoms. The molecule has 0 bridgehead atoms. The lowest BCUT2D eigenvalue weighted by molar-refractivity contribution is -0.127. The third-order valence-corrected chi connectivity index (χ3v) is 9.54. The average Bonchev–Trinajstić information content (AvgIpc) is 2.43. The van der Waals surface area contributed by atoms with Gasteiger partial charge in [-0.25, -0.2) is 0 Å². The number of Topliss-reactive ketones (excluding diaryl/α,β-unsaturated/α-hetero) is 1. The molecule has 0 amide bonds. The van der Waals surface area contributed by atoms with E-state index in [1.165, 1.54) is 14.0 Å². The molecule has 0 aromatic rings. The Balaban J connectivity index is 5.88. The first-order valence-electron chi connectivity index (χ1n) is 7.75. The number of carbonyl (C=O) groups excluding carboxylic acids is 1. The van der Waals surface area contributed by atoms with Crippen molar-refractivity contribution in [2.45, 2.75) is 71.1 Å². The van der Waals surface area contributed by atoms with Crippen molar-refractivity contribution in [2.75, 3.05) is 7.11 Å². The fourth-order valence-corrected chi connectivity index (χ4v) is 4.99. The highest BCUT2D eigenvalue weighted by Gasteiger charge is 2.33. The predicted molar refractivity (Wildman–Crippen MR) is 96.5 cm³/mol. The Kier molecular flexibility index (Phi) is 7.68. The minimum Gasteiger partial charge on any atom is -0.349 e. The molecule has 4 heteroatoms. The van der Waals surface area contributed by atoms with Gasteiger partial charge in [-0.15, -0.1) is 11.1 Å². The van der Waals surface area contributed by atoms with Crippen molar-refractivity contribution in [3.63, 3.8) is 0 Å². The van der Waals surface area contributed by atoms with Gasteiger partial charge in [0.25, 0.3) is 0 Å². The van der Waals surface area contributed by atoms with E-state index in [-0.39, 0.29) is 5.78 Å². The van der Waals surface area contributed by atoms with Crippen LogP contribution >= 0.6 is 0 Å². The van der Waals surface area contributed by atoms with E-state index < -0.39 is 21.7 Å². The van der Waals surface area contributed by atoms with Crippen LogP contribution in [0.15, 0.2) is 0 Å². The molecule has 0 heterocycles. The van der Waals surface area contributed by atoms with Gasteiger partial charge in [0.2, 0.25) is 5.60 Å². The van der Waals surface area contributed by atoms with Crippen LogP contribution in [0.5, 0.6) is 0 Å². The number of carbonyl (C=O) groups is 1. The third-order valence-electron chi connectivity index (χ3n) is 3.95. The van der Waals surface area contributed by atoms with Gasteiger partial charge >= 0.3 is 0 Å². The summed E-state index contributed by atoms with van der Waals surface area (Å²) in [6.07, 6.45) is 0. The molecule has 0 aliphatic heterocycles. The molecule has 0 saturated heterocycles. The summed E-state index contributed by atoms with van der Waals surface area (Å²) in [6.45, 7) is 14.6. The molecule has 0 rings (SSSR count). The molecule has 0 aliphatic carbocycles. The molecule has 0 fully saturated rings. The van der Waals surface area contributed by atoms with E-state index in [1.54, 1.807) is 0 Å². The van der Waals surface area contributed by atoms with Crippen molar-refractivity contribution < 1.29 is 9.53 Å². The summed E-state index contributed by atoms with van der Waals surface area (Å²) in [4.78, 5) is 12.1. The van der Waals surface area contributed by atoms with Gasteiger partial charge in [-0.2, -0.15) is 0 Å². The Morgan fingerprint density at radius 3 is 1.71 bits per heavy atom. The maximum absolute atomic E-state index is 12.1. The van der Waals surface area contributed by atoms with Crippen LogP contribution in [0.4, 0.5) is 0 Å². The van der Waals surface area contributed by atoms with Crippen LogP contribution in [0.2, 0.25) is 37.8 Å². The second kappa shape index (κ2) is 7.99. The predicted octanol–water partition coefficient (Wildman–Crippen LogP) is 3.89. The number of methoxy groups -OCH3 is 1. The van der Waals surface area contributed by atoms with E-state index in [9.17, 15) is 4.79 Å². The summed E-state index contributed by atoms with van der Waals surface area (Å²) in [5.41, 5.74) is 5.45. The number of rotatable bonds is 5. The van der Waals surface area contributed by atoms with Gasteiger partial charge in [-0.05, 0) is 25.1 Å². The lowest BCUT2D eigenvalue weighted by Crippen LogP contribution is -2.39. The molecular formula is C17H30O2Si2. The van der Waals surface area contributed by atoms with E-state index >= 15 is 0 Å². The summed E-state index contributed by atoms with van der Waals surface area (Å²) in [7, 11) is -1.66. The van der Waals surface area contributed by atoms with E-state index in [0.29, 0.717) is 0 Å². The van der Waals surface area contributed by atoms with Crippen LogP contribution < -0.4 is 0 Å². The molecule has 2 nitrogen and oxygen atoms in total. The van der Waals surface area contributed by atoms with Crippen molar-refractivity contribution in [1.82, 2.24) is 0 Å². The Morgan fingerprint density at radius 1 is 1.00 bits per heavy atom. The Hall–Kier alpha value is -0.816. The summed E-state index contributed by atoms with van der Waals surface area (Å²) in [5, 5.41) is 0. The van der Waals surface area contributed by atoms with Gasteiger partial charge in [0.05, 0.1) is 0 Å². The van der Waals surface area contributed by atoms with Gasteiger partial charge in [-0.3, -0.25) is 4.79 Å². The zero-order chi connectivity index (χ0) is 16.7. The molecule has 0 unspecified atom stereocenters.